The molecule has 156 valence electrons. The number of hydrogen-bond acceptors (Lipinski definition) is 5. The van der Waals surface area contributed by atoms with Crippen LogP contribution in [0, 0.1) is 13.8 Å². The number of nitrogens with zero attached hydrogens (tertiary/aromatic N) is 3. The van der Waals surface area contributed by atoms with Crippen LogP contribution in [-0.2, 0) is 11.3 Å². The van der Waals surface area contributed by atoms with E-state index in [1.54, 1.807) is 13.3 Å². The number of aromatic nitrogens is 2. The maximum absolute atomic E-state index is 12.7. The van der Waals surface area contributed by atoms with Gasteiger partial charge in [-0.25, -0.2) is 4.98 Å². The van der Waals surface area contributed by atoms with Crippen molar-refractivity contribution in [3.05, 3.63) is 46.9 Å². The fourth-order valence-corrected chi connectivity index (χ4v) is 4.43. The third-order valence-electron chi connectivity index (χ3n) is 5.33. The minimum atomic E-state index is 0.0449. The van der Waals surface area contributed by atoms with Crippen LogP contribution < -0.4 is 0 Å². The highest BCUT2D eigenvalue weighted by atomic mass is 32.2. The first kappa shape index (κ1) is 21.6. The van der Waals surface area contributed by atoms with Gasteiger partial charge >= 0.3 is 0 Å². The number of thioether (sulfide) groups is 1. The zero-order chi connectivity index (χ0) is 20.8. The minimum absolute atomic E-state index is 0.0449. The topological polar surface area (TPSA) is 64.4 Å². The Kier molecular flexibility index (Phi) is 7.50. The maximum Gasteiger partial charge on any atom is 0.255 e. The molecule has 2 aromatic rings. The summed E-state index contributed by atoms with van der Waals surface area (Å²) in [5.74, 6) is 0.470. The molecule has 7 heteroatoms. The molecule has 1 fully saturated rings. The molecule has 0 radical (unpaired) electrons. The van der Waals surface area contributed by atoms with Crippen LogP contribution in [0.3, 0.4) is 0 Å². The van der Waals surface area contributed by atoms with Gasteiger partial charge in [-0.3, -0.25) is 9.59 Å². The van der Waals surface area contributed by atoms with Gasteiger partial charge < -0.3 is 14.2 Å². The van der Waals surface area contributed by atoms with E-state index in [0.29, 0.717) is 17.9 Å². The molecule has 0 unspecified atom stereocenters. The van der Waals surface area contributed by atoms with Crippen molar-refractivity contribution in [1.82, 2.24) is 14.5 Å². The summed E-state index contributed by atoms with van der Waals surface area (Å²) in [7, 11) is 1.70. The third-order valence-corrected chi connectivity index (χ3v) is 6.28. The lowest BCUT2D eigenvalue weighted by Gasteiger charge is -2.14. The van der Waals surface area contributed by atoms with Crippen molar-refractivity contribution in [3.63, 3.8) is 0 Å². The van der Waals surface area contributed by atoms with Gasteiger partial charge in [0.1, 0.15) is 0 Å². The van der Waals surface area contributed by atoms with E-state index >= 15 is 0 Å². The van der Waals surface area contributed by atoms with Crippen molar-refractivity contribution in [2.45, 2.75) is 44.7 Å². The number of hydrogen-bond donors (Lipinski definition) is 0. The maximum atomic E-state index is 12.7. The number of likely N-dealkylation sites (tertiary alicyclic amines) is 1. The van der Waals surface area contributed by atoms with Crippen molar-refractivity contribution < 1.29 is 14.3 Å². The van der Waals surface area contributed by atoms with Gasteiger partial charge in [0.25, 0.3) is 5.91 Å². The van der Waals surface area contributed by atoms with E-state index in [-0.39, 0.29) is 11.7 Å². The number of rotatable bonds is 9. The Bertz CT molecular complexity index is 855. The lowest BCUT2D eigenvalue weighted by molar-refractivity contribution is 0.0792. The molecule has 6 nitrogen and oxygen atoms in total. The molecule has 0 N–H and O–H groups in total. The Morgan fingerprint density at radius 2 is 1.97 bits per heavy atom. The van der Waals surface area contributed by atoms with E-state index in [1.165, 1.54) is 11.8 Å². The Labute approximate surface area is 176 Å². The molecular weight excluding hydrogens is 386 g/mol. The second kappa shape index (κ2) is 10.1. The Balaban J connectivity index is 1.58. The number of ketones is 1. The SMILES string of the molecule is COCCCn1c(C)cc(C(=O)CSc2ccc(C(=O)N3CCCC3)cn2)c1C. The molecule has 2 aromatic heterocycles. The van der Waals surface area contributed by atoms with E-state index < -0.39 is 0 Å². The molecule has 3 heterocycles. The third kappa shape index (κ3) is 5.28. The normalized spacial score (nSPS) is 13.8. The van der Waals surface area contributed by atoms with Crippen molar-refractivity contribution in [2.75, 3.05) is 32.6 Å². The summed E-state index contributed by atoms with van der Waals surface area (Å²) in [5.41, 5.74) is 3.48. The summed E-state index contributed by atoms with van der Waals surface area (Å²) in [4.78, 5) is 31.4. The predicted octanol–water partition coefficient (Wildman–Crippen LogP) is 3.75. The van der Waals surface area contributed by atoms with Gasteiger partial charge in [-0.05, 0) is 51.3 Å². The number of ether oxygens (including phenoxy) is 1. The van der Waals surface area contributed by atoms with Crippen molar-refractivity contribution in [1.29, 1.82) is 0 Å². The van der Waals surface area contributed by atoms with Gasteiger partial charge in [0.05, 0.1) is 16.3 Å². The van der Waals surface area contributed by atoms with Crippen molar-refractivity contribution in [2.24, 2.45) is 0 Å². The zero-order valence-electron chi connectivity index (χ0n) is 17.4. The van der Waals surface area contributed by atoms with Crippen LogP contribution in [0.2, 0.25) is 0 Å². The quantitative estimate of drug-likeness (QED) is 0.355. The Morgan fingerprint density at radius 1 is 1.21 bits per heavy atom. The summed E-state index contributed by atoms with van der Waals surface area (Å²) in [6.07, 6.45) is 4.68. The van der Waals surface area contributed by atoms with Crippen LogP contribution in [0.5, 0.6) is 0 Å². The lowest BCUT2D eigenvalue weighted by atomic mass is 10.2. The highest BCUT2D eigenvalue weighted by molar-refractivity contribution is 7.99. The van der Waals surface area contributed by atoms with Crippen LogP contribution >= 0.6 is 11.8 Å². The van der Waals surface area contributed by atoms with E-state index in [9.17, 15) is 9.59 Å². The van der Waals surface area contributed by atoms with Crippen LogP contribution in [0.25, 0.3) is 0 Å². The lowest BCUT2D eigenvalue weighted by Crippen LogP contribution is -2.27. The van der Waals surface area contributed by atoms with Crippen molar-refractivity contribution in [3.8, 4) is 0 Å². The van der Waals surface area contributed by atoms with Gasteiger partial charge in [0, 0.05) is 56.5 Å². The summed E-state index contributed by atoms with van der Waals surface area (Å²) >= 11 is 1.41. The first-order valence-corrected chi connectivity index (χ1v) is 11.1. The van der Waals surface area contributed by atoms with E-state index in [1.807, 2.05) is 36.9 Å². The summed E-state index contributed by atoms with van der Waals surface area (Å²) in [6, 6.07) is 5.60. The molecule has 1 saturated heterocycles. The highest BCUT2D eigenvalue weighted by Gasteiger charge is 2.20. The zero-order valence-corrected chi connectivity index (χ0v) is 18.3. The fourth-order valence-electron chi connectivity index (χ4n) is 3.71. The molecule has 0 spiro atoms. The molecular formula is C22H29N3O3S. The second-order valence-corrected chi connectivity index (χ2v) is 8.37. The largest absolute Gasteiger partial charge is 0.385 e. The Hall–Kier alpha value is -2.12. The monoisotopic (exact) mass is 415 g/mol. The molecule has 1 aliphatic heterocycles. The molecule has 0 atom stereocenters. The average molecular weight is 416 g/mol. The molecule has 0 aromatic carbocycles. The van der Waals surface area contributed by atoms with Gasteiger partial charge in [0.15, 0.2) is 5.78 Å². The molecule has 0 saturated carbocycles. The van der Waals surface area contributed by atoms with Gasteiger partial charge in [-0.2, -0.15) is 0 Å². The van der Waals surface area contributed by atoms with E-state index in [2.05, 4.69) is 9.55 Å². The predicted molar refractivity (Wildman–Crippen MR) is 115 cm³/mol. The number of Topliss-reactive ketones (excluding diaryl/α,β-unsaturated/α-hetero) is 1. The van der Waals surface area contributed by atoms with E-state index in [4.69, 9.17) is 4.74 Å². The molecule has 29 heavy (non-hydrogen) atoms. The molecule has 0 aliphatic carbocycles. The number of carbonyl (C=O) groups is 2. The Morgan fingerprint density at radius 3 is 2.62 bits per heavy atom. The number of carbonyl (C=O) groups excluding carboxylic acids is 2. The van der Waals surface area contributed by atoms with Crippen molar-refractivity contribution >= 4 is 23.5 Å². The highest BCUT2D eigenvalue weighted by Crippen LogP contribution is 2.22. The van der Waals surface area contributed by atoms with Crippen LogP contribution in [-0.4, -0.2) is 58.7 Å². The number of methoxy groups -OCH3 is 1. The first-order chi connectivity index (χ1) is 14.0. The summed E-state index contributed by atoms with van der Waals surface area (Å²) < 4.78 is 7.30. The van der Waals surface area contributed by atoms with Gasteiger partial charge in [0.2, 0.25) is 0 Å². The summed E-state index contributed by atoms with van der Waals surface area (Å²) in [6.45, 7) is 7.23. The standard InChI is InChI=1S/C22H29N3O3S/c1-16-13-19(17(2)25(16)11-6-12-28-3)20(26)15-29-21-8-7-18(14-23-21)22(27)24-9-4-5-10-24/h7-8,13-14H,4-6,9-12,15H2,1-3H3. The molecule has 0 bridgehead atoms. The summed E-state index contributed by atoms with van der Waals surface area (Å²) in [5, 5.41) is 0.755. The fraction of sp³-hybridized carbons (Fsp3) is 0.500. The van der Waals surface area contributed by atoms with Gasteiger partial charge in [-0.15, -0.1) is 0 Å². The van der Waals surface area contributed by atoms with Crippen LogP contribution in [0.15, 0.2) is 29.4 Å². The second-order valence-electron chi connectivity index (χ2n) is 7.38. The molecule has 1 amide bonds. The number of aryl methyl sites for hydroxylation is 1. The molecule has 3 rings (SSSR count). The minimum Gasteiger partial charge on any atom is -0.385 e. The van der Waals surface area contributed by atoms with E-state index in [0.717, 1.165) is 60.9 Å². The number of pyridine rings is 1. The smallest absolute Gasteiger partial charge is 0.255 e. The first-order valence-electron chi connectivity index (χ1n) is 10.1. The van der Waals surface area contributed by atoms with Gasteiger partial charge in [-0.1, -0.05) is 11.8 Å². The van der Waals surface area contributed by atoms with Crippen LogP contribution in [0.1, 0.15) is 51.4 Å². The molecule has 1 aliphatic rings. The van der Waals surface area contributed by atoms with Crippen LogP contribution in [0.4, 0.5) is 0 Å². The average Bonchev–Trinajstić information content (AvgIpc) is 3.36. The number of amides is 1.